The monoisotopic (exact) mass is 303 g/mol. The molecule has 1 aromatic rings. The number of hydrogen-bond acceptors (Lipinski definition) is 11. The lowest BCUT2D eigenvalue weighted by Gasteiger charge is -2.21. The third-order valence-corrected chi connectivity index (χ3v) is 2.37. The molecule has 0 fully saturated rings. The highest BCUT2D eigenvalue weighted by molar-refractivity contribution is 5.46. The van der Waals surface area contributed by atoms with Crippen molar-refractivity contribution >= 4 is 17.8 Å². The van der Waals surface area contributed by atoms with Gasteiger partial charge in [0, 0.05) is 0 Å². The summed E-state index contributed by atoms with van der Waals surface area (Å²) in [5, 5.41) is 47.1. The van der Waals surface area contributed by atoms with Gasteiger partial charge in [-0.3, -0.25) is 0 Å². The van der Waals surface area contributed by atoms with Gasteiger partial charge in [0.05, 0.1) is 18.2 Å². The zero-order valence-corrected chi connectivity index (χ0v) is 11.5. The molecule has 22 heavy (non-hydrogen) atoms. The van der Waals surface area contributed by atoms with Gasteiger partial charge in [0.1, 0.15) is 33.1 Å². The van der Waals surface area contributed by atoms with Gasteiger partial charge in [-0.15, -0.1) is 0 Å². The van der Waals surface area contributed by atoms with Crippen LogP contribution in [0.1, 0.15) is 0 Å². The zero-order chi connectivity index (χ0) is 16.4. The Morgan fingerprint density at radius 3 is 1.73 bits per heavy atom. The van der Waals surface area contributed by atoms with Crippen molar-refractivity contribution in [3.8, 4) is 18.2 Å². The van der Waals surface area contributed by atoms with Gasteiger partial charge in [0.2, 0.25) is 17.8 Å². The molecule has 0 atom stereocenters. The number of rotatable bonds is 8. The lowest BCUT2D eigenvalue weighted by Crippen LogP contribution is -2.31. The van der Waals surface area contributed by atoms with Gasteiger partial charge in [-0.25, -0.2) is 0 Å². The summed E-state index contributed by atoms with van der Waals surface area (Å²) in [4.78, 5) is 14.3. The van der Waals surface area contributed by atoms with Crippen molar-refractivity contribution in [1.29, 1.82) is 15.8 Å². The zero-order valence-electron chi connectivity index (χ0n) is 11.5. The number of aliphatic hydroxyl groups is 2. The summed E-state index contributed by atoms with van der Waals surface area (Å²) >= 11 is 0. The van der Waals surface area contributed by atoms with E-state index < -0.39 is 13.5 Å². The molecule has 0 aliphatic heterocycles. The number of aromatic nitrogens is 3. The van der Waals surface area contributed by atoms with Crippen LogP contribution in [0.25, 0.3) is 0 Å². The summed E-state index contributed by atoms with van der Waals surface area (Å²) < 4.78 is 0. The molecule has 11 nitrogen and oxygen atoms in total. The molecule has 1 heterocycles. The van der Waals surface area contributed by atoms with Crippen LogP contribution in [0.3, 0.4) is 0 Å². The molecule has 0 saturated carbocycles. The van der Waals surface area contributed by atoms with Crippen LogP contribution < -0.4 is 15.1 Å². The van der Waals surface area contributed by atoms with Gasteiger partial charge < -0.3 is 25.3 Å². The molecule has 0 aliphatic carbocycles. The third-order valence-electron chi connectivity index (χ3n) is 2.37. The van der Waals surface area contributed by atoms with E-state index >= 15 is 0 Å². The highest BCUT2D eigenvalue weighted by Gasteiger charge is 2.16. The molecule has 0 aromatic carbocycles. The smallest absolute Gasteiger partial charge is 0.234 e. The van der Waals surface area contributed by atoms with Crippen LogP contribution in [0.5, 0.6) is 0 Å². The molecule has 3 N–H and O–H groups in total. The Hall–Kier alpha value is -3.20. The third kappa shape index (κ3) is 4.42. The van der Waals surface area contributed by atoms with Gasteiger partial charge >= 0.3 is 0 Å². The molecule has 1 rings (SSSR count). The maximum absolute atomic E-state index is 9.25. The maximum atomic E-state index is 9.25. The number of hydrogen-bond donors (Lipinski definition) is 3. The highest BCUT2D eigenvalue weighted by Crippen LogP contribution is 2.15. The average Bonchev–Trinajstić information content (AvgIpc) is 2.55. The summed E-state index contributed by atoms with van der Waals surface area (Å²) in [6.45, 7) is -1.43. The molecule has 0 spiro atoms. The highest BCUT2D eigenvalue weighted by atomic mass is 16.3. The van der Waals surface area contributed by atoms with E-state index in [9.17, 15) is 10.2 Å². The summed E-state index contributed by atoms with van der Waals surface area (Å²) in [7, 11) is 0. The average molecular weight is 303 g/mol. The second-order valence-electron chi connectivity index (χ2n) is 3.77. The van der Waals surface area contributed by atoms with Gasteiger partial charge in [0.25, 0.3) is 0 Å². The van der Waals surface area contributed by atoms with Crippen LogP contribution in [0.15, 0.2) is 0 Å². The van der Waals surface area contributed by atoms with E-state index in [0.717, 1.165) is 9.80 Å². The van der Waals surface area contributed by atoms with Crippen molar-refractivity contribution in [3.63, 3.8) is 0 Å². The number of anilines is 3. The van der Waals surface area contributed by atoms with E-state index in [-0.39, 0.29) is 37.5 Å². The fourth-order valence-electron chi connectivity index (χ4n) is 1.37. The van der Waals surface area contributed by atoms with Gasteiger partial charge in [-0.1, -0.05) is 0 Å². The quantitative estimate of drug-likeness (QED) is 0.372. The minimum Gasteiger partial charge on any atom is -0.376 e. The van der Waals surface area contributed by atoms with Crippen molar-refractivity contribution in [2.24, 2.45) is 0 Å². The first-order chi connectivity index (χ1) is 10.7. The van der Waals surface area contributed by atoms with Gasteiger partial charge in [-0.05, 0) is 0 Å². The van der Waals surface area contributed by atoms with E-state index in [1.54, 1.807) is 0 Å². The Labute approximate surface area is 126 Å². The number of nitriles is 3. The largest absolute Gasteiger partial charge is 0.376 e. The molecular weight excluding hydrogens is 290 g/mol. The fourth-order valence-corrected chi connectivity index (χ4v) is 1.37. The second-order valence-corrected chi connectivity index (χ2v) is 3.77. The minimum atomic E-state index is -0.508. The molecule has 0 saturated heterocycles. The predicted octanol–water partition coefficient (Wildman–Crippen LogP) is -1.63. The molecule has 1 aromatic heterocycles. The standard InChI is InChI=1S/C11H13N9O2/c12-1-4-15-9-16-10(19(7-21)5-2-13)18-11(17-9)20(8-22)6-3-14/h21-22H,4-8H2,(H,15,16,17,18). The first kappa shape index (κ1) is 16.9. The SMILES string of the molecule is N#CCNc1nc(N(CO)CC#N)nc(N(CO)CC#N)n1. The molecule has 0 unspecified atom stereocenters. The van der Waals surface area contributed by atoms with Crippen molar-refractivity contribution in [2.75, 3.05) is 48.2 Å². The Kier molecular flexibility index (Phi) is 6.79. The van der Waals surface area contributed by atoms with E-state index in [1.807, 2.05) is 18.2 Å². The van der Waals surface area contributed by atoms with Crippen LogP contribution in [0, 0.1) is 34.0 Å². The normalized spacial score (nSPS) is 9.23. The summed E-state index contributed by atoms with van der Waals surface area (Å²) in [5.74, 6) is -0.0221. The van der Waals surface area contributed by atoms with Crippen LogP contribution >= 0.6 is 0 Å². The van der Waals surface area contributed by atoms with Crippen LogP contribution in [0.2, 0.25) is 0 Å². The van der Waals surface area contributed by atoms with Gasteiger partial charge in [-0.2, -0.15) is 30.7 Å². The molecule has 0 amide bonds. The van der Waals surface area contributed by atoms with Crippen molar-refractivity contribution < 1.29 is 10.2 Å². The molecular formula is C11H13N9O2. The Morgan fingerprint density at radius 1 is 0.864 bits per heavy atom. The molecule has 114 valence electrons. The van der Waals surface area contributed by atoms with Crippen LogP contribution in [-0.4, -0.2) is 58.3 Å². The van der Waals surface area contributed by atoms with E-state index in [2.05, 4.69) is 20.3 Å². The molecule has 0 bridgehead atoms. The lowest BCUT2D eigenvalue weighted by atomic mass is 10.5. The van der Waals surface area contributed by atoms with E-state index in [1.165, 1.54) is 0 Å². The number of aliphatic hydroxyl groups excluding tert-OH is 2. The van der Waals surface area contributed by atoms with E-state index in [0.29, 0.717) is 0 Å². The second kappa shape index (κ2) is 8.87. The summed E-state index contributed by atoms with van der Waals surface area (Å²) in [6.07, 6.45) is 0. The fraction of sp³-hybridized carbons (Fsp3) is 0.455. The van der Waals surface area contributed by atoms with Crippen molar-refractivity contribution in [3.05, 3.63) is 0 Å². The van der Waals surface area contributed by atoms with Crippen molar-refractivity contribution in [1.82, 2.24) is 15.0 Å². The van der Waals surface area contributed by atoms with Crippen LogP contribution in [0.4, 0.5) is 17.8 Å². The van der Waals surface area contributed by atoms with E-state index in [4.69, 9.17) is 15.8 Å². The Bertz CT molecular complexity index is 573. The summed E-state index contributed by atoms with van der Waals surface area (Å²) in [5.41, 5.74) is 0. The topological polar surface area (TPSA) is 169 Å². The Balaban J connectivity index is 3.23. The van der Waals surface area contributed by atoms with Crippen molar-refractivity contribution in [2.45, 2.75) is 0 Å². The lowest BCUT2D eigenvalue weighted by molar-refractivity contribution is 0.290. The number of nitrogens with zero attached hydrogens (tertiary/aromatic N) is 8. The first-order valence-corrected chi connectivity index (χ1v) is 6.02. The summed E-state index contributed by atoms with van der Waals surface area (Å²) in [6, 6.07) is 5.54. The molecule has 0 radical (unpaired) electrons. The predicted molar refractivity (Wildman–Crippen MR) is 74.0 cm³/mol. The molecule has 0 aliphatic rings. The van der Waals surface area contributed by atoms with Crippen LogP contribution in [-0.2, 0) is 0 Å². The first-order valence-electron chi connectivity index (χ1n) is 6.02. The maximum Gasteiger partial charge on any atom is 0.234 e. The number of nitrogens with one attached hydrogen (secondary N) is 1. The van der Waals surface area contributed by atoms with Gasteiger partial charge in [0.15, 0.2) is 0 Å². The molecule has 11 heteroatoms. The minimum absolute atomic E-state index is 0.0223. The Morgan fingerprint density at radius 2 is 1.36 bits per heavy atom.